The molecule has 2 rings (SSSR count). The first-order chi connectivity index (χ1) is 9.08. The molecule has 0 saturated heterocycles. The zero-order valence-electron chi connectivity index (χ0n) is 11.8. The largest absolute Gasteiger partial charge is 0.381 e. The summed E-state index contributed by atoms with van der Waals surface area (Å²) >= 11 is 12.3. The molecule has 1 aromatic carbocycles. The maximum atomic E-state index is 6.24. The molecule has 0 amide bonds. The highest BCUT2D eigenvalue weighted by atomic mass is 35.5. The summed E-state index contributed by atoms with van der Waals surface area (Å²) in [5.74, 6) is 1.68. The van der Waals surface area contributed by atoms with E-state index in [1.165, 1.54) is 32.1 Å². The van der Waals surface area contributed by atoms with Gasteiger partial charge in [-0.15, -0.1) is 0 Å². The lowest BCUT2D eigenvalue weighted by molar-refractivity contribution is 0.341. The molecule has 1 fully saturated rings. The minimum Gasteiger partial charge on any atom is -0.381 e. The van der Waals surface area contributed by atoms with Crippen LogP contribution >= 0.6 is 23.2 Å². The number of hydrogen-bond acceptors (Lipinski definition) is 1. The van der Waals surface area contributed by atoms with Crippen LogP contribution in [0.5, 0.6) is 0 Å². The van der Waals surface area contributed by atoms with Gasteiger partial charge in [-0.2, -0.15) is 0 Å². The van der Waals surface area contributed by atoms with Crippen LogP contribution < -0.4 is 5.32 Å². The van der Waals surface area contributed by atoms with E-state index < -0.39 is 0 Å². The smallest absolute Gasteiger partial charge is 0.0823 e. The normalized spacial score (nSPS) is 24.3. The maximum absolute atomic E-state index is 6.24. The van der Waals surface area contributed by atoms with Crippen molar-refractivity contribution in [1.29, 1.82) is 0 Å². The molecule has 3 heteroatoms. The van der Waals surface area contributed by atoms with Crippen molar-refractivity contribution in [2.45, 2.75) is 52.0 Å². The van der Waals surface area contributed by atoms with E-state index in [4.69, 9.17) is 23.2 Å². The van der Waals surface area contributed by atoms with E-state index in [0.717, 1.165) is 17.5 Å². The Labute approximate surface area is 126 Å². The molecular formula is C16H23Cl2N. The van der Waals surface area contributed by atoms with Crippen molar-refractivity contribution < 1.29 is 0 Å². The number of rotatable bonds is 3. The first kappa shape index (κ1) is 15.0. The average Bonchev–Trinajstić information content (AvgIpc) is 2.60. The Kier molecular flexibility index (Phi) is 5.41. The SMILES string of the molecule is CC(C)C1CCCC(Nc2cccc(Cl)c2Cl)CC1. The number of nitrogens with one attached hydrogen (secondary N) is 1. The fourth-order valence-corrected chi connectivity index (χ4v) is 3.33. The number of halogens is 2. The zero-order valence-corrected chi connectivity index (χ0v) is 13.3. The molecule has 1 aliphatic rings. The molecule has 1 aliphatic carbocycles. The van der Waals surface area contributed by atoms with Crippen molar-refractivity contribution in [1.82, 2.24) is 0 Å². The average molecular weight is 300 g/mol. The van der Waals surface area contributed by atoms with E-state index in [2.05, 4.69) is 19.2 Å². The van der Waals surface area contributed by atoms with E-state index in [-0.39, 0.29) is 0 Å². The molecule has 0 spiro atoms. The molecule has 19 heavy (non-hydrogen) atoms. The molecule has 0 bridgehead atoms. The predicted molar refractivity (Wildman–Crippen MR) is 85.3 cm³/mol. The van der Waals surface area contributed by atoms with Crippen molar-refractivity contribution in [3.05, 3.63) is 28.2 Å². The van der Waals surface area contributed by atoms with Gasteiger partial charge in [-0.05, 0) is 43.2 Å². The van der Waals surface area contributed by atoms with Crippen LogP contribution in [-0.2, 0) is 0 Å². The Hall–Kier alpha value is -0.400. The van der Waals surface area contributed by atoms with E-state index in [1.54, 1.807) is 0 Å². The highest BCUT2D eigenvalue weighted by Gasteiger charge is 2.21. The van der Waals surface area contributed by atoms with Crippen molar-refractivity contribution in [2.24, 2.45) is 11.8 Å². The molecular weight excluding hydrogens is 277 g/mol. The third kappa shape index (κ3) is 4.03. The second-order valence-corrected chi connectivity index (χ2v) is 6.74. The van der Waals surface area contributed by atoms with Crippen molar-refractivity contribution in [2.75, 3.05) is 5.32 Å². The summed E-state index contributed by atoms with van der Waals surface area (Å²) in [6.45, 7) is 4.68. The monoisotopic (exact) mass is 299 g/mol. The fourth-order valence-electron chi connectivity index (χ4n) is 2.98. The van der Waals surface area contributed by atoms with Crippen LogP contribution in [0.3, 0.4) is 0 Å². The number of hydrogen-bond donors (Lipinski definition) is 1. The Morgan fingerprint density at radius 1 is 1.11 bits per heavy atom. The molecule has 0 aliphatic heterocycles. The van der Waals surface area contributed by atoms with Gasteiger partial charge in [-0.1, -0.05) is 56.0 Å². The van der Waals surface area contributed by atoms with Crippen LogP contribution in [0.2, 0.25) is 10.0 Å². The molecule has 2 unspecified atom stereocenters. The van der Waals surface area contributed by atoms with Gasteiger partial charge >= 0.3 is 0 Å². The molecule has 1 nitrogen and oxygen atoms in total. The van der Waals surface area contributed by atoms with Crippen molar-refractivity contribution in [3.8, 4) is 0 Å². The quantitative estimate of drug-likeness (QED) is 0.674. The van der Waals surface area contributed by atoms with E-state index in [1.807, 2.05) is 18.2 Å². The summed E-state index contributed by atoms with van der Waals surface area (Å²) in [5, 5.41) is 4.85. The van der Waals surface area contributed by atoms with E-state index in [9.17, 15) is 0 Å². The summed E-state index contributed by atoms with van der Waals surface area (Å²) in [6, 6.07) is 6.32. The Balaban J connectivity index is 1.98. The third-order valence-electron chi connectivity index (χ3n) is 4.27. The molecule has 1 aromatic rings. The zero-order chi connectivity index (χ0) is 13.8. The highest BCUT2D eigenvalue weighted by Crippen LogP contribution is 2.33. The summed E-state index contributed by atoms with van der Waals surface area (Å²) in [6.07, 6.45) is 6.43. The summed E-state index contributed by atoms with van der Waals surface area (Å²) in [7, 11) is 0. The minimum absolute atomic E-state index is 0.528. The Morgan fingerprint density at radius 2 is 1.89 bits per heavy atom. The molecule has 2 atom stereocenters. The molecule has 0 heterocycles. The summed E-state index contributed by atoms with van der Waals surface area (Å²) in [4.78, 5) is 0. The van der Waals surface area contributed by atoms with Crippen LogP contribution in [0, 0.1) is 11.8 Å². The molecule has 1 N–H and O–H groups in total. The second-order valence-electron chi connectivity index (χ2n) is 5.95. The molecule has 1 saturated carbocycles. The molecule has 106 valence electrons. The first-order valence-electron chi connectivity index (χ1n) is 7.28. The highest BCUT2D eigenvalue weighted by molar-refractivity contribution is 6.43. The van der Waals surface area contributed by atoms with Gasteiger partial charge in [-0.25, -0.2) is 0 Å². The third-order valence-corrected chi connectivity index (χ3v) is 5.09. The first-order valence-corrected chi connectivity index (χ1v) is 8.04. The van der Waals surface area contributed by atoms with Gasteiger partial charge in [0.1, 0.15) is 0 Å². The topological polar surface area (TPSA) is 12.0 Å². The fraction of sp³-hybridized carbons (Fsp3) is 0.625. The maximum Gasteiger partial charge on any atom is 0.0823 e. The van der Waals surface area contributed by atoms with E-state index >= 15 is 0 Å². The van der Waals surface area contributed by atoms with Crippen LogP contribution in [0.4, 0.5) is 5.69 Å². The summed E-state index contributed by atoms with van der Waals surface area (Å²) in [5.41, 5.74) is 0.974. The Morgan fingerprint density at radius 3 is 2.63 bits per heavy atom. The molecule has 0 aromatic heterocycles. The van der Waals surface area contributed by atoms with Gasteiger partial charge in [0.15, 0.2) is 0 Å². The van der Waals surface area contributed by atoms with Crippen molar-refractivity contribution in [3.63, 3.8) is 0 Å². The lowest BCUT2D eigenvalue weighted by Gasteiger charge is -2.20. The lowest BCUT2D eigenvalue weighted by Crippen LogP contribution is -2.19. The van der Waals surface area contributed by atoms with Gasteiger partial charge < -0.3 is 5.32 Å². The van der Waals surface area contributed by atoms with E-state index in [0.29, 0.717) is 16.1 Å². The lowest BCUT2D eigenvalue weighted by atomic mass is 9.89. The van der Waals surface area contributed by atoms with Crippen LogP contribution in [0.15, 0.2) is 18.2 Å². The molecule has 0 radical (unpaired) electrons. The standard InChI is InChI=1S/C16H23Cl2N/c1-11(2)12-5-3-6-13(10-9-12)19-15-8-4-7-14(17)16(15)18/h4,7-8,11-13,19H,3,5-6,9-10H2,1-2H3. The number of anilines is 1. The predicted octanol–water partition coefficient (Wildman–Crippen LogP) is 6.01. The van der Waals surface area contributed by atoms with Gasteiger partial charge in [0.2, 0.25) is 0 Å². The van der Waals surface area contributed by atoms with Gasteiger partial charge in [0, 0.05) is 6.04 Å². The van der Waals surface area contributed by atoms with Crippen molar-refractivity contribution >= 4 is 28.9 Å². The van der Waals surface area contributed by atoms with Gasteiger partial charge in [0.05, 0.1) is 15.7 Å². The minimum atomic E-state index is 0.528. The second kappa shape index (κ2) is 6.85. The summed E-state index contributed by atoms with van der Waals surface area (Å²) < 4.78 is 0. The van der Waals surface area contributed by atoms with Crippen LogP contribution in [-0.4, -0.2) is 6.04 Å². The van der Waals surface area contributed by atoms with Gasteiger partial charge in [0.25, 0.3) is 0 Å². The van der Waals surface area contributed by atoms with Crippen LogP contribution in [0.1, 0.15) is 46.0 Å². The van der Waals surface area contributed by atoms with Gasteiger partial charge in [-0.3, -0.25) is 0 Å². The Bertz CT molecular complexity index is 417. The van der Waals surface area contributed by atoms with Crippen LogP contribution in [0.25, 0.3) is 0 Å². The number of benzene rings is 1.